The number of aromatic nitrogens is 2. The summed E-state index contributed by atoms with van der Waals surface area (Å²) in [6.45, 7) is 9.15. The first-order valence-electron chi connectivity index (χ1n) is 7.07. The fourth-order valence-corrected chi connectivity index (χ4v) is 2.72. The highest BCUT2D eigenvalue weighted by Gasteiger charge is 2.07. The summed E-state index contributed by atoms with van der Waals surface area (Å²) in [4.78, 5) is 4.28. The van der Waals surface area contributed by atoms with Gasteiger partial charge in [-0.3, -0.25) is 0 Å². The van der Waals surface area contributed by atoms with Crippen molar-refractivity contribution in [3.05, 3.63) is 52.3 Å². The maximum atomic E-state index is 5.13. The first kappa shape index (κ1) is 13.6. The molecule has 0 unspecified atom stereocenters. The number of nitrogens with zero attached hydrogens (tertiary/aromatic N) is 2. The van der Waals surface area contributed by atoms with Crippen LogP contribution >= 0.6 is 0 Å². The molecule has 2 aromatic heterocycles. The largest absolute Gasteiger partial charge is 0.380 e. The van der Waals surface area contributed by atoms with E-state index in [1.807, 2.05) is 13.0 Å². The van der Waals surface area contributed by atoms with Crippen LogP contribution in [0.15, 0.2) is 28.9 Å². The number of hydrogen-bond acceptors (Lipinski definition) is 4. The number of pyridine rings is 1. The predicted molar refractivity (Wildman–Crippen MR) is 84.5 cm³/mol. The fraction of sp³-hybridized carbons (Fsp3) is 0.294. The summed E-state index contributed by atoms with van der Waals surface area (Å²) in [5.41, 5.74) is 7.70. The number of anilines is 1. The van der Waals surface area contributed by atoms with Crippen LogP contribution in [0.1, 0.15) is 27.9 Å². The van der Waals surface area contributed by atoms with Crippen LogP contribution in [0.4, 0.5) is 5.69 Å². The number of benzene rings is 1. The Morgan fingerprint density at radius 3 is 2.48 bits per heavy atom. The van der Waals surface area contributed by atoms with Gasteiger partial charge < -0.3 is 9.84 Å². The third-order valence-electron chi connectivity index (χ3n) is 3.82. The molecule has 3 aromatic rings. The van der Waals surface area contributed by atoms with Gasteiger partial charge in [0.2, 0.25) is 0 Å². The second kappa shape index (κ2) is 5.20. The Balaban J connectivity index is 1.85. The lowest BCUT2D eigenvalue weighted by atomic mass is 10.00. The Morgan fingerprint density at radius 2 is 1.76 bits per heavy atom. The van der Waals surface area contributed by atoms with E-state index in [1.165, 1.54) is 22.3 Å². The van der Waals surface area contributed by atoms with Gasteiger partial charge in [0.25, 0.3) is 5.71 Å². The molecule has 0 radical (unpaired) electrons. The molecule has 0 fully saturated rings. The van der Waals surface area contributed by atoms with Gasteiger partial charge in [0.05, 0.1) is 23.0 Å². The maximum Gasteiger partial charge on any atom is 0.258 e. The smallest absolute Gasteiger partial charge is 0.258 e. The summed E-state index contributed by atoms with van der Waals surface area (Å²) in [6, 6.07) is 6.47. The standard InChI is InChI=1S/C17H19N3O/c1-10-5-11(2)16(12(3)6-10)9-18-14-7-15-13(4)20-21-17(15)19-8-14/h5-8,18H,9H2,1-4H3. The summed E-state index contributed by atoms with van der Waals surface area (Å²) in [5.74, 6) is 0. The minimum atomic E-state index is 0.584. The molecule has 0 bridgehead atoms. The third kappa shape index (κ3) is 2.61. The van der Waals surface area contributed by atoms with Gasteiger partial charge in [-0.15, -0.1) is 0 Å². The quantitative estimate of drug-likeness (QED) is 0.786. The van der Waals surface area contributed by atoms with Crippen LogP contribution in [0.2, 0.25) is 0 Å². The van der Waals surface area contributed by atoms with Crippen LogP contribution in [0.3, 0.4) is 0 Å². The monoisotopic (exact) mass is 281 g/mol. The number of rotatable bonds is 3. The van der Waals surface area contributed by atoms with Crippen molar-refractivity contribution in [2.45, 2.75) is 34.2 Å². The van der Waals surface area contributed by atoms with Crippen LogP contribution in [-0.4, -0.2) is 10.1 Å². The van der Waals surface area contributed by atoms with E-state index in [4.69, 9.17) is 4.52 Å². The molecule has 0 saturated heterocycles. The van der Waals surface area contributed by atoms with E-state index in [9.17, 15) is 0 Å². The molecule has 0 spiro atoms. The molecule has 1 N–H and O–H groups in total. The van der Waals surface area contributed by atoms with Gasteiger partial charge in [-0.2, -0.15) is 0 Å². The number of aryl methyl sites for hydroxylation is 4. The lowest BCUT2D eigenvalue weighted by Crippen LogP contribution is -2.04. The zero-order valence-corrected chi connectivity index (χ0v) is 12.8. The van der Waals surface area contributed by atoms with Crippen LogP contribution in [0, 0.1) is 27.7 Å². The van der Waals surface area contributed by atoms with Gasteiger partial charge in [0.1, 0.15) is 0 Å². The van der Waals surface area contributed by atoms with Crippen molar-refractivity contribution in [2.75, 3.05) is 5.32 Å². The lowest BCUT2D eigenvalue weighted by Gasteiger charge is -2.13. The molecule has 0 aliphatic heterocycles. The van der Waals surface area contributed by atoms with Gasteiger partial charge >= 0.3 is 0 Å². The van der Waals surface area contributed by atoms with Crippen molar-refractivity contribution in [3.8, 4) is 0 Å². The van der Waals surface area contributed by atoms with E-state index in [2.05, 4.69) is 48.4 Å². The highest BCUT2D eigenvalue weighted by atomic mass is 16.5. The Kier molecular flexibility index (Phi) is 3.37. The molecule has 0 atom stereocenters. The van der Waals surface area contributed by atoms with Crippen molar-refractivity contribution in [2.24, 2.45) is 0 Å². The molecule has 4 heteroatoms. The number of nitrogens with one attached hydrogen (secondary N) is 1. The molecule has 4 nitrogen and oxygen atoms in total. The Labute approximate surface area is 124 Å². The Morgan fingerprint density at radius 1 is 1.05 bits per heavy atom. The molecule has 0 aliphatic rings. The van der Waals surface area contributed by atoms with E-state index < -0.39 is 0 Å². The van der Waals surface area contributed by atoms with E-state index in [-0.39, 0.29) is 0 Å². The van der Waals surface area contributed by atoms with Crippen LogP contribution in [0.5, 0.6) is 0 Å². The summed E-state index contributed by atoms with van der Waals surface area (Å²) < 4.78 is 5.13. The van der Waals surface area contributed by atoms with Crippen LogP contribution in [-0.2, 0) is 6.54 Å². The van der Waals surface area contributed by atoms with Gasteiger partial charge in [0.15, 0.2) is 0 Å². The van der Waals surface area contributed by atoms with Crippen molar-refractivity contribution in [3.63, 3.8) is 0 Å². The summed E-state index contributed by atoms with van der Waals surface area (Å²) >= 11 is 0. The molecule has 0 aliphatic carbocycles. The first-order chi connectivity index (χ1) is 10.0. The summed E-state index contributed by atoms with van der Waals surface area (Å²) in [5, 5.41) is 8.32. The molecular formula is C17H19N3O. The molecule has 21 heavy (non-hydrogen) atoms. The van der Waals surface area contributed by atoms with Crippen LogP contribution < -0.4 is 5.32 Å². The van der Waals surface area contributed by atoms with Gasteiger partial charge in [-0.25, -0.2) is 4.98 Å². The van der Waals surface area contributed by atoms with E-state index >= 15 is 0 Å². The average Bonchev–Trinajstić information content (AvgIpc) is 2.79. The third-order valence-corrected chi connectivity index (χ3v) is 3.82. The highest BCUT2D eigenvalue weighted by molar-refractivity contribution is 5.79. The van der Waals surface area contributed by atoms with Crippen molar-refractivity contribution in [1.29, 1.82) is 0 Å². The fourth-order valence-electron chi connectivity index (χ4n) is 2.72. The Hall–Kier alpha value is -2.36. The zero-order chi connectivity index (χ0) is 15.0. The minimum absolute atomic E-state index is 0.584. The molecule has 2 heterocycles. The summed E-state index contributed by atoms with van der Waals surface area (Å²) in [6.07, 6.45) is 1.78. The molecule has 1 aromatic carbocycles. The van der Waals surface area contributed by atoms with E-state index in [1.54, 1.807) is 6.20 Å². The second-order valence-electron chi connectivity index (χ2n) is 5.58. The maximum absolute atomic E-state index is 5.13. The topological polar surface area (TPSA) is 51.0 Å². The second-order valence-corrected chi connectivity index (χ2v) is 5.58. The zero-order valence-electron chi connectivity index (χ0n) is 12.8. The summed E-state index contributed by atoms with van der Waals surface area (Å²) in [7, 11) is 0. The molecular weight excluding hydrogens is 262 g/mol. The van der Waals surface area contributed by atoms with Gasteiger partial charge in [-0.05, 0) is 50.5 Å². The normalized spacial score (nSPS) is 11.0. The van der Waals surface area contributed by atoms with Gasteiger partial charge in [0, 0.05) is 6.54 Å². The van der Waals surface area contributed by atoms with E-state index in [0.29, 0.717) is 5.71 Å². The molecule has 0 amide bonds. The molecule has 108 valence electrons. The average molecular weight is 281 g/mol. The van der Waals surface area contributed by atoms with E-state index in [0.717, 1.165) is 23.3 Å². The lowest BCUT2D eigenvalue weighted by molar-refractivity contribution is 0.443. The van der Waals surface area contributed by atoms with Crippen molar-refractivity contribution in [1.82, 2.24) is 10.1 Å². The van der Waals surface area contributed by atoms with Crippen molar-refractivity contribution < 1.29 is 4.52 Å². The number of hydrogen-bond donors (Lipinski definition) is 1. The minimum Gasteiger partial charge on any atom is -0.380 e. The SMILES string of the molecule is Cc1cc(C)c(CNc2cnc3onc(C)c3c2)c(C)c1. The first-order valence-corrected chi connectivity index (χ1v) is 7.07. The molecule has 0 saturated carbocycles. The highest BCUT2D eigenvalue weighted by Crippen LogP contribution is 2.21. The predicted octanol–water partition coefficient (Wildman–Crippen LogP) is 4.07. The Bertz CT molecular complexity index is 782. The van der Waals surface area contributed by atoms with Crippen molar-refractivity contribution >= 4 is 16.8 Å². The molecule has 3 rings (SSSR count). The van der Waals surface area contributed by atoms with Gasteiger partial charge in [-0.1, -0.05) is 22.9 Å². The number of fused-ring (bicyclic) bond motifs is 1. The van der Waals surface area contributed by atoms with Crippen LogP contribution in [0.25, 0.3) is 11.1 Å².